The number of nitrogens with one attached hydrogen (secondary N) is 1. The van der Waals surface area contributed by atoms with Gasteiger partial charge in [0.05, 0.1) is 6.10 Å². The van der Waals surface area contributed by atoms with Crippen molar-refractivity contribution in [1.29, 1.82) is 0 Å². The van der Waals surface area contributed by atoms with Crippen LogP contribution in [0.1, 0.15) is 52.9 Å². The molecule has 1 aliphatic carbocycles. The molecule has 0 radical (unpaired) electrons. The molecule has 0 unspecified atom stereocenters. The fraction of sp³-hybridized carbons (Fsp3) is 0.500. The highest BCUT2D eigenvalue weighted by Gasteiger charge is 2.55. The van der Waals surface area contributed by atoms with Crippen molar-refractivity contribution in [3.05, 3.63) is 60.7 Å². The number of hydrogen-bond donors (Lipinski definition) is 1. The van der Waals surface area contributed by atoms with E-state index in [1.54, 1.807) is 0 Å². The van der Waals surface area contributed by atoms with Gasteiger partial charge in [0, 0.05) is 5.54 Å². The molecule has 144 valence electrons. The van der Waals surface area contributed by atoms with Gasteiger partial charge >= 0.3 is 0 Å². The van der Waals surface area contributed by atoms with E-state index in [9.17, 15) is 0 Å². The third-order valence-corrected chi connectivity index (χ3v) is 11.8. The normalized spacial score (nSPS) is 26.0. The van der Waals surface area contributed by atoms with Crippen LogP contribution in [0, 0.1) is 0 Å². The lowest BCUT2D eigenvalue weighted by atomic mass is 9.93. The summed E-state index contributed by atoms with van der Waals surface area (Å²) in [4.78, 5) is 0. The summed E-state index contributed by atoms with van der Waals surface area (Å²) in [7, 11) is -2.45. The molecule has 3 heteroatoms. The van der Waals surface area contributed by atoms with Crippen LogP contribution in [0.4, 0.5) is 0 Å². The Morgan fingerprint density at radius 2 is 1.44 bits per heavy atom. The second kappa shape index (κ2) is 7.19. The number of benzene rings is 2. The van der Waals surface area contributed by atoms with Crippen LogP contribution in [0.5, 0.6) is 0 Å². The van der Waals surface area contributed by atoms with E-state index in [-0.39, 0.29) is 10.6 Å². The molecule has 1 saturated carbocycles. The lowest BCUT2D eigenvalue weighted by Crippen LogP contribution is -2.69. The van der Waals surface area contributed by atoms with Gasteiger partial charge in [0.15, 0.2) is 0 Å². The first kappa shape index (κ1) is 18.9. The molecule has 0 aromatic heterocycles. The molecular weight excluding hydrogens is 346 g/mol. The second-order valence-corrected chi connectivity index (χ2v) is 13.6. The van der Waals surface area contributed by atoms with Crippen LogP contribution in [0.3, 0.4) is 0 Å². The van der Waals surface area contributed by atoms with Crippen molar-refractivity contribution < 1.29 is 4.43 Å². The average Bonchev–Trinajstić information content (AvgIpc) is 3.30. The van der Waals surface area contributed by atoms with Crippen LogP contribution in [0.15, 0.2) is 60.7 Å². The predicted octanol–water partition coefficient (Wildman–Crippen LogP) is 4.24. The predicted molar refractivity (Wildman–Crippen MR) is 116 cm³/mol. The average molecular weight is 380 g/mol. The van der Waals surface area contributed by atoms with Gasteiger partial charge < -0.3 is 9.74 Å². The maximum absolute atomic E-state index is 7.45. The summed E-state index contributed by atoms with van der Waals surface area (Å²) in [6.45, 7) is 8.27. The largest absolute Gasteiger partial charge is 0.403 e. The van der Waals surface area contributed by atoms with E-state index in [0.29, 0.717) is 6.10 Å². The van der Waals surface area contributed by atoms with Crippen LogP contribution in [-0.2, 0) is 4.43 Å². The van der Waals surface area contributed by atoms with Gasteiger partial charge in [0.25, 0.3) is 8.32 Å². The molecule has 27 heavy (non-hydrogen) atoms. The van der Waals surface area contributed by atoms with E-state index in [0.717, 1.165) is 6.54 Å². The highest BCUT2D eigenvalue weighted by Crippen LogP contribution is 2.44. The molecule has 2 aliphatic rings. The zero-order valence-electron chi connectivity index (χ0n) is 17.0. The molecule has 2 atom stereocenters. The van der Waals surface area contributed by atoms with Crippen LogP contribution in [0.2, 0.25) is 5.04 Å². The van der Waals surface area contributed by atoms with Gasteiger partial charge in [0.2, 0.25) is 0 Å². The van der Waals surface area contributed by atoms with Gasteiger partial charge in [-0.15, -0.1) is 0 Å². The SMILES string of the molecule is CC(C)(C)[Si](O[C@@H]1CCC[C@@]12CCCN2)(c1ccccc1)c1ccccc1. The molecule has 2 aromatic carbocycles. The summed E-state index contributed by atoms with van der Waals surface area (Å²) in [6, 6.07) is 22.1. The third-order valence-electron chi connectivity index (χ3n) is 6.72. The van der Waals surface area contributed by atoms with Gasteiger partial charge in [-0.25, -0.2) is 0 Å². The molecule has 1 aliphatic heterocycles. The molecule has 2 nitrogen and oxygen atoms in total. The van der Waals surface area contributed by atoms with E-state index in [1.807, 2.05) is 0 Å². The Morgan fingerprint density at radius 3 is 1.93 bits per heavy atom. The zero-order chi connectivity index (χ0) is 19.0. The van der Waals surface area contributed by atoms with E-state index in [2.05, 4.69) is 86.8 Å². The molecule has 0 amide bonds. The molecule has 2 fully saturated rings. The maximum atomic E-state index is 7.45. The summed E-state index contributed by atoms with van der Waals surface area (Å²) >= 11 is 0. The van der Waals surface area contributed by atoms with Crippen LogP contribution >= 0.6 is 0 Å². The van der Waals surface area contributed by atoms with E-state index in [1.165, 1.54) is 42.5 Å². The van der Waals surface area contributed by atoms with Crippen LogP contribution in [-0.4, -0.2) is 26.5 Å². The second-order valence-electron chi connectivity index (χ2n) is 9.35. The molecule has 2 aromatic rings. The molecule has 1 heterocycles. The Kier molecular flexibility index (Phi) is 5.04. The van der Waals surface area contributed by atoms with Gasteiger partial charge in [-0.2, -0.15) is 0 Å². The van der Waals surface area contributed by atoms with Gasteiger partial charge in [-0.05, 0) is 54.1 Å². The van der Waals surface area contributed by atoms with Crippen molar-refractivity contribution in [3.63, 3.8) is 0 Å². The van der Waals surface area contributed by atoms with Crippen molar-refractivity contribution >= 4 is 18.7 Å². The topological polar surface area (TPSA) is 21.3 Å². The van der Waals surface area contributed by atoms with Crippen LogP contribution in [0.25, 0.3) is 0 Å². The molecule has 4 rings (SSSR count). The lowest BCUT2D eigenvalue weighted by molar-refractivity contribution is 0.111. The van der Waals surface area contributed by atoms with Gasteiger partial charge in [-0.3, -0.25) is 0 Å². The smallest absolute Gasteiger partial charge is 0.261 e. The minimum absolute atomic E-state index is 0.0537. The third kappa shape index (κ3) is 3.20. The Bertz CT molecular complexity index is 702. The molecule has 1 spiro atoms. The summed E-state index contributed by atoms with van der Waals surface area (Å²) in [6.07, 6.45) is 6.56. The molecule has 1 N–H and O–H groups in total. The highest BCUT2D eigenvalue weighted by atomic mass is 28.4. The van der Waals surface area contributed by atoms with E-state index < -0.39 is 8.32 Å². The first-order chi connectivity index (χ1) is 13.0. The maximum Gasteiger partial charge on any atom is 0.261 e. The quantitative estimate of drug-likeness (QED) is 0.803. The fourth-order valence-corrected chi connectivity index (χ4v) is 10.2. The Hall–Kier alpha value is -1.42. The fourth-order valence-electron chi connectivity index (χ4n) is 5.43. The standard InChI is InChI=1S/C24H33NOSi/c1-23(2,3)27(20-12-6-4-7-13-20,21-14-8-5-9-15-21)26-22-16-10-17-24(22)18-11-19-25-24/h4-9,12-15,22,25H,10-11,16-19H2,1-3H3/t22-,24-/m1/s1. The Balaban J connectivity index is 1.85. The van der Waals surface area contributed by atoms with Crippen molar-refractivity contribution in [2.45, 2.75) is 69.6 Å². The highest BCUT2D eigenvalue weighted by molar-refractivity contribution is 6.99. The van der Waals surface area contributed by atoms with E-state index in [4.69, 9.17) is 4.43 Å². The monoisotopic (exact) mass is 379 g/mol. The Labute approximate surface area is 165 Å². The minimum atomic E-state index is -2.45. The van der Waals surface area contributed by atoms with E-state index >= 15 is 0 Å². The number of hydrogen-bond acceptors (Lipinski definition) is 2. The van der Waals surface area contributed by atoms with Gasteiger partial charge in [0.1, 0.15) is 0 Å². The summed E-state index contributed by atoms with van der Waals surface area (Å²) in [5, 5.41) is 6.69. The minimum Gasteiger partial charge on any atom is -0.403 e. The molecular formula is C24H33NOSi. The number of rotatable bonds is 4. The first-order valence-corrected chi connectivity index (χ1v) is 12.4. The summed E-state index contributed by atoms with van der Waals surface area (Å²) in [5.41, 5.74) is 0.201. The first-order valence-electron chi connectivity index (χ1n) is 10.5. The Morgan fingerprint density at radius 1 is 0.889 bits per heavy atom. The van der Waals surface area contributed by atoms with Crippen molar-refractivity contribution in [2.24, 2.45) is 0 Å². The molecule has 0 bridgehead atoms. The molecule has 1 saturated heterocycles. The van der Waals surface area contributed by atoms with Gasteiger partial charge in [-0.1, -0.05) is 81.4 Å². The van der Waals surface area contributed by atoms with Crippen LogP contribution < -0.4 is 15.7 Å². The van der Waals surface area contributed by atoms with Crippen molar-refractivity contribution in [3.8, 4) is 0 Å². The lowest BCUT2D eigenvalue weighted by Gasteiger charge is -2.47. The van der Waals surface area contributed by atoms with Crippen molar-refractivity contribution in [1.82, 2.24) is 5.32 Å². The summed E-state index contributed by atoms with van der Waals surface area (Å²) in [5.74, 6) is 0. The zero-order valence-corrected chi connectivity index (χ0v) is 18.0. The summed E-state index contributed by atoms with van der Waals surface area (Å²) < 4.78 is 7.45. The van der Waals surface area contributed by atoms with Crippen molar-refractivity contribution in [2.75, 3.05) is 6.54 Å².